The molecule has 0 spiro atoms. The quantitative estimate of drug-likeness (QED) is 0.195. The molecular weight excluding hydrogens is 462 g/mol. The summed E-state index contributed by atoms with van der Waals surface area (Å²) in [5, 5.41) is 12.8. The molecule has 1 saturated heterocycles. The molecule has 36 heavy (non-hydrogen) atoms. The highest BCUT2D eigenvalue weighted by atomic mass is 16.3. The van der Waals surface area contributed by atoms with Crippen LogP contribution in [-0.4, -0.2) is 27.1 Å². The zero-order chi connectivity index (χ0) is 25.8. The predicted octanol–water partition coefficient (Wildman–Crippen LogP) is 2.02. The molecule has 3 aromatic rings. The van der Waals surface area contributed by atoms with E-state index >= 15 is 0 Å². The largest absolute Gasteiger partial charge is 0.859 e. The van der Waals surface area contributed by atoms with E-state index in [1.54, 1.807) is 67.6 Å². The number of para-hydroxylation sites is 2. The molecule has 1 aromatic heterocycles. The highest BCUT2D eigenvalue weighted by molar-refractivity contribution is 6.39. The summed E-state index contributed by atoms with van der Waals surface area (Å²) < 4.78 is 0.858. The molecule has 0 unspecified atom stereocenters. The molecule has 9 heteroatoms. The molecule has 0 radical (unpaired) electrons. The third-order valence-electron chi connectivity index (χ3n) is 5.45. The smallest absolute Gasteiger partial charge is 0.332 e. The van der Waals surface area contributed by atoms with Gasteiger partial charge in [-0.3, -0.25) is 28.7 Å². The Bertz CT molecular complexity index is 1560. The SMILES string of the molecule is CC(/C=C/c1c([O-])n(-c2ccccc2)c(=O)[nH]c1=O)=C\C=C1\C(=O)CC(=O)N(c2ccccc2)C1=O. The summed E-state index contributed by atoms with van der Waals surface area (Å²) >= 11 is 0. The number of allylic oxidation sites excluding steroid dienone is 4. The number of piperidine rings is 1. The van der Waals surface area contributed by atoms with Crippen LogP contribution in [0.25, 0.3) is 11.8 Å². The average Bonchev–Trinajstić information content (AvgIpc) is 2.84. The fourth-order valence-corrected chi connectivity index (χ4v) is 3.64. The Morgan fingerprint density at radius 3 is 2.17 bits per heavy atom. The van der Waals surface area contributed by atoms with Crippen LogP contribution in [0.5, 0.6) is 5.88 Å². The predicted molar refractivity (Wildman–Crippen MR) is 132 cm³/mol. The number of hydrogen-bond donors (Lipinski definition) is 1. The van der Waals surface area contributed by atoms with Crippen LogP contribution in [0.2, 0.25) is 0 Å². The van der Waals surface area contributed by atoms with Crippen LogP contribution in [0.1, 0.15) is 18.9 Å². The number of carbonyl (C=O) groups excluding carboxylic acids is 3. The van der Waals surface area contributed by atoms with Crippen molar-refractivity contribution in [1.82, 2.24) is 9.55 Å². The van der Waals surface area contributed by atoms with Gasteiger partial charge < -0.3 is 5.11 Å². The minimum Gasteiger partial charge on any atom is -0.859 e. The number of aromatic amines is 1. The first-order valence-corrected chi connectivity index (χ1v) is 10.9. The van der Waals surface area contributed by atoms with Crippen LogP contribution < -0.4 is 21.3 Å². The number of nitrogens with one attached hydrogen (secondary N) is 1. The Balaban J connectivity index is 1.64. The summed E-state index contributed by atoms with van der Waals surface area (Å²) in [5.74, 6) is -2.72. The van der Waals surface area contributed by atoms with Crippen molar-refractivity contribution in [2.45, 2.75) is 13.3 Å². The number of aromatic nitrogens is 2. The van der Waals surface area contributed by atoms with Crippen LogP contribution >= 0.6 is 0 Å². The number of rotatable bonds is 5. The molecule has 0 aliphatic carbocycles. The third-order valence-corrected chi connectivity index (χ3v) is 5.45. The fourth-order valence-electron chi connectivity index (χ4n) is 3.64. The number of amides is 2. The summed E-state index contributed by atoms with van der Waals surface area (Å²) in [6, 6.07) is 16.5. The Morgan fingerprint density at radius 2 is 1.53 bits per heavy atom. The van der Waals surface area contributed by atoms with E-state index in [0.29, 0.717) is 16.9 Å². The van der Waals surface area contributed by atoms with Crippen LogP contribution in [0.15, 0.2) is 99.6 Å². The number of carbonyl (C=O) groups is 3. The van der Waals surface area contributed by atoms with E-state index in [0.717, 1.165) is 9.47 Å². The first kappa shape index (κ1) is 24.1. The van der Waals surface area contributed by atoms with Crippen molar-refractivity contribution in [3.8, 4) is 11.6 Å². The maximum Gasteiger partial charge on any atom is 0.332 e. The molecule has 0 saturated carbocycles. The number of H-pyrrole nitrogens is 1. The zero-order valence-electron chi connectivity index (χ0n) is 19.1. The lowest BCUT2D eigenvalue weighted by molar-refractivity contribution is -0.278. The maximum atomic E-state index is 12.9. The van der Waals surface area contributed by atoms with E-state index in [4.69, 9.17) is 0 Å². The molecule has 0 atom stereocenters. The third kappa shape index (κ3) is 4.76. The van der Waals surface area contributed by atoms with Crippen molar-refractivity contribution in [3.63, 3.8) is 0 Å². The van der Waals surface area contributed by atoms with Gasteiger partial charge in [0.2, 0.25) is 5.91 Å². The van der Waals surface area contributed by atoms with Gasteiger partial charge in [-0.15, -0.1) is 0 Å². The van der Waals surface area contributed by atoms with Gasteiger partial charge in [-0.1, -0.05) is 54.1 Å². The van der Waals surface area contributed by atoms with Gasteiger partial charge in [0.1, 0.15) is 0 Å². The standard InChI is InChI=1S/C27H21N3O6/c1-17(12-14-20-22(31)16-23(32)29(25(20)34)18-8-4-2-5-9-18)13-15-21-24(33)28-27(36)30(26(21)35)19-10-6-3-7-11-19/h2-15,35H,16H2,1H3,(H,28,33,36)/p-1/b15-13+,17-12+,20-14-. The summed E-state index contributed by atoms with van der Waals surface area (Å²) in [5.41, 5.74) is -0.936. The molecule has 1 N–H and O–H groups in total. The molecule has 2 heterocycles. The second kappa shape index (κ2) is 10.1. The summed E-state index contributed by atoms with van der Waals surface area (Å²) in [4.78, 5) is 65.2. The first-order valence-electron chi connectivity index (χ1n) is 10.9. The molecule has 2 aromatic carbocycles. The highest BCUT2D eigenvalue weighted by Gasteiger charge is 2.36. The number of imide groups is 1. The van der Waals surface area contributed by atoms with Crippen LogP contribution in [-0.2, 0) is 14.4 Å². The Labute approximate surface area is 204 Å². The number of nitrogens with zero attached hydrogens (tertiary/aromatic N) is 2. The maximum absolute atomic E-state index is 12.9. The van der Waals surface area contributed by atoms with Gasteiger partial charge in [-0.2, -0.15) is 0 Å². The Hall–Kier alpha value is -5.05. The van der Waals surface area contributed by atoms with E-state index in [2.05, 4.69) is 4.98 Å². The van der Waals surface area contributed by atoms with Crippen molar-refractivity contribution in [3.05, 3.63) is 116 Å². The molecule has 1 aliphatic heterocycles. The lowest BCUT2D eigenvalue weighted by Gasteiger charge is -2.25. The van der Waals surface area contributed by atoms with Gasteiger partial charge in [-0.25, -0.2) is 9.69 Å². The molecule has 180 valence electrons. The lowest BCUT2D eigenvalue weighted by atomic mass is 9.99. The van der Waals surface area contributed by atoms with Crippen molar-refractivity contribution >= 4 is 29.4 Å². The Morgan fingerprint density at radius 1 is 0.917 bits per heavy atom. The second-order valence-electron chi connectivity index (χ2n) is 7.94. The van der Waals surface area contributed by atoms with E-state index in [1.165, 1.54) is 24.3 Å². The van der Waals surface area contributed by atoms with Crippen molar-refractivity contribution < 1.29 is 19.5 Å². The molecule has 9 nitrogen and oxygen atoms in total. The number of benzene rings is 2. The van der Waals surface area contributed by atoms with Gasteiger partial charge in [-0.05, 0) is 49.2 Å². The second-order valence-corrected chi connectivity index (χ2v) is 7.94. The zero-order valence-corrected chi connectivity index (χ0v) is 19.1. The van der Waals surface area contributed by atoms with Crippen LogP contribution in [0, 0.1) is 0 Å². The van der Waals surface area contributed by atoms with Gasteiger partial charge >= 0.3 is 5.69 Å². The number of hydrogen-bond acceptors (Lipinski definition) is 6. The monoisotopic (exact) mass is 482 g/mol. The van der Waals surface area contributed by atoms with E-state index in [-0.39, 0.29) is 11.1 Å². The van der Waals surface area contributed by atoms with Crippen LogP contribution in [0.4, 0.5) is 5.69 Å². The minimum atomic E-state index is -0.850. The highest BCUT2D eigenvalue weighted by Crippen LogP contribution is 2.23. The molecule has 2 amide bonds. The topological polar surface area (TPSA) is 132 Å². The summed E-state index contributed by atoms with van der Waals surface area (Å²) in [6.07, 6.45) is 5.03. The van der Waals surface area contributed by atoms with Crippen molar-refractivity contribution in [1.29, 1.82) is 0 Å². The van der Waals surface area contributed by atoms with Gasteiger partial charge in [0.05, 0.1) is 17.7 Å². The normalized spacial score (nSPS) is 15.8. The number of Topliss-reactive ketones (excluding diaryl/α,β-unsaturated/α-hetero) is 1. The molecule has 0 bridgehead atoms. The van der Waals surface area contributed by atoms with Crippen LogP contribution in [0.3, 0.4) is 0 Å². The number of ketones is 1. The summed E-state index contributed by atoms with van der Waals surface area (Å²) in [6.45, 7) is 1.64. The lowest BCUT2D eigenvalue weighted by Crippen LogP contribution is -2.45. The molecule has 1 fully saturated rings. The summed E-state index contributed by atoms with van der Waals surface area (Å²) in [7, 11) is 0. The number of anilines is 1. The fraction of sp³-hybridized carbons (Fsp3) is 0.0741. The average molecular weight is 482 g/mol. The van der Waals surface area contributed by atoms with Gasteiger partial charge in [0.25, 0.3) is 11.5 Å². The first-order chi connectivity index (χ1) is 17.3. The molecule has 4 rings (SSSR count). The van der Waals surface area contributed by atoms with E-state index in [1.807, 2.05) is 0 Å². The molecule has 1 aliphatic rings. The molecular formula is C27H20N3O6-. The van der Waals surface area contributed by atoms with Gasteiger partial charge in [0.15, 0.2) is 5.78 Å². The van der Waals surface area contributed by atoms with Crippen molar-refractivity contribution in [2.75, 3.05) is 4.90 Å². The van der Waals surface area contributed by atoms with E-state index in [9.17, 15) is 29.1 Å². The minimum absolute atomic E-state index is 0.161. The van der Waals surface area contributed by atoms with Gasteiger partial charge in [0, 0.05) is 11.3 Å². The van der Waals surface area contributed by atoms with Crippen molar-refractivity contribution in [2.24, 2.45) is 0 Å². The van der Waals surface area contributed by atoms with E-state index < -0.39 is 41.1 Å². The Kier molecular flexibility index (Phi) is 6.73.